The van der Waals surface area contributed by atoms with Gasteiger partial charge in [0.05, 0.1) is 44.1 Å². The van der Waals surface area contributed by atoms with Gasteiger partial charge in [-0.1, -0.05) is 127 Å². The summed E-state index contributed by atoms with van der Waals surface area (Å²) in [5, 5.41) is 9.66. The third-order valence-corrected chi connectivity index (χ3v) is 18.1. The van der Waals surface area contributed by atoms with Gasteiger partial charge >= 0.3 is 0 Å². The van der Waals surface area contributed by atoms with Crippen molar-refractivity contribution in [3.8, 4) is 22.7 Å². The Balaban J connectivity index is 0.880. The number of hydrogen-bond donors (Lipinski definition) is 1. The zero-order valence-electron chi connectivity index (χ0n) is 39.0. The maximum absolute atomic E-state index is 16.3. The monoisotopic (exact) mass is 940 g/mol. The first-order valence-corrected chi connectivity index (χ1v) is 26.2. The second kappa shape index (κ2) is 15.6. The Labute approximate surface area is 415 Å². The molecule has 0 aliphatic carbocycles. The van der Waals surface area contributed by atoms with Gasteiger partial charge in [0.2, 0.25) is 0 Å². The Bertz CT molecular complexity index is 4400. The topological polar surface area (TPSA) is 36.8 Å². The molecule has 15 rings (SSSR count). The van der Waals surface area contributed by atoms with E-state index in [1.165, 1.54) is 54.1 Å². The number of para-hydroxylation sites is 6. The van der Waals surface area contributed by atoms with Crippen molar-refractivity contribution >= 4 is 97.2 Å². The van der Waals surface area contributed by atoms with Crippen LogP contribution in [0, 0.1) is 0 Å². The lowest BCUT2D eigenvalue weighted by Crippen LogP contribution is -2.14. The molecule has 11 aromatic carbocycles. The molecule has 340 valence electrons. The summed E-state index contributed by atoms with van der Waals surface area (Å²) in [6.07, 6.45) is 0. The number of hydrogen-bond acceptors (Lipinski definition) is 1. The van der Waals surface area contributed by atoms with Gasteiger partial charge in [-0.15, -0.1) is 0 Å². The summed E-state index contributed by atoms with van der Waals surface area (Å²) in [7, 11) is -3.37. The molecule has 4 heterocycles. The smallest absolute Gasteiger partial charge is 0.0562 e. The van der Waals surface area contributed by atoms with E-state index in [0.29, 0.717) is 0 Å². The Morgan fingerprint density at radius 2 is 0.458 bits per heavy atom. The van der Waals surface area contributed by atoms with E-state index in [4.69, 9.17) is 0 Å². The summed E-state index contributed by atoms with van der Waals surface area (Å²) in [4.78, 5) is 2.36. The molecule has 0 unspecified atom stereocenters. The molecule has 0 saturated heterocycles. The molecule has 0 saturated carbocycles. The maximum atomic E-state index is 16.3. The van der Waals surface area contributed by atoms with Crippen LogP contribution in [0.3, 0.4) is 0 Å². The first kappa shape index (κ1) is 40.6. The van der Waals surface area contributed by atoms with Gasteiger partial charge < -0.3 is 18.3 Å². The van der Waals surface area contributed by atoms with Gasteiger partial charge in [-0.05, 0) is 143 Å². The number of aromatic nitrogens is 4. The van der Waals surface area contributed by atoms with Crippen molar-refractivity contribution in [2.24, 2.45) is 0 Å². The van der Waals surface area contributed by atoms with E-state index < -0.39 is 9.93 Å². The van der Waals surface area contributed by atoms with Crippen LogP contribution in [0.25, 0.3) is 110 Å². The van der Waals surface area contributed by atoms with Crippen molar-refractivity contribution in [2.75, 3.05) is 0 Å². The number of nitrogens with zero attached hydrogens (tertiary/aromatic N) is 4. The maximum Gasteiger partial charge on any atom is 0.0562 e. The van der Waals surface area contributed by atoms with E-state index in [2.05, 4.69) is 249 Å². The molecule has 0 bridgehead atoms. The SMILES string of the molecule is O=[SH](c1ccccc1)(c1ccc(-n2c3ccccc3c3cc4c5ccccc5n(-c5ccccc5)c4cc32)cc1)c1ccc(-n2c3ccccc3c3cc4c5ccccc5n(-c5ccccc5)c4cc32)cc1. The van der Waals surface area contributed by atoms with Crippen LogP contribution in [-0.4, -0.2) is 22.5 Å². The van der Waals surface area contributed by atoms with Gasteiger partial charge in [-0.3, -0.25) is 4.21 Å². The van der Waals surface area contributed by atoms with Crippen LogP contribution in [0.15, 0.2) is 276 Å². The van der Waals surface area contributed by atoms with E-state index >= 15 is 4.21 Å². The summed E-state index contributed by atoms with van der Waals surface area (Å²) in [5.74, 6) is 0. The molecule has 72 heavy (non-hydrogen) atoms. The van der Waals surface area contributed by atoms with Crippen molar-refractivity contribution in [3.63, 3.8) is 0 Å². The van der Waals surface area contributed by atoms with Crippen LogP contribution >= 0.6 is 0 Å². The zero-order valence-corrected chi connectivity index (χ0v) is 39.9. The summed E-state index contributed by atoms with van der Waals surface area (Å²) in [6, 6.07) is 92.4. The highest BCUT2D eigenvalue weighted by Gasteiger charge is 2.26. The average Bonchev–Trinajstić information content (AvgIpc) is 4.17. The van der Waals surface area contributed by atoms with Crippen LogP contribution in [0.4, 0.5) is 0 Å². The highest BCUT2D eigenvalue weighted by molar-refractivity contribution is 8.03. The quantitative estimate of drug-likeness (QED) is 0.159. The molecule has 0 fully saturated rings. The lowest BCUT2D eigenvalue weighted by Gasteiger charge is -2.26. The fourth-order valence-electron chi connectivity index (χ4n) is 11.8. The van der Waals surface area contributed by atoms with E-state index in [9.17, 15) is 0 Å². The Morgan fingerprint density at radius 3 is 0.778 bits per heavy atom. The second-order valence-corrected chi connectivity index (χ2v) is 21.6. The lowest BCUT2D eigenvalue weighted by atomic mass is 10.1. The molecule has 0 amide bonds. The first-order chi connectivity index (χ1) is 35.6. The Kier molecular flexibility index (Phi) is 8.83. The number of benzene rings is 11. The third kappa shape index (κ3) is 5.84. The standard InChI is InChI=1S/C66H44N4OS/c71-72(48-22-8-3-9-23-48,49-36-32-46(33-37-49)69-61-30-16-12-26-53(61)57-40-55-51-24-10-14-28-59(51)67(63(55)42-65(57)69)44-18-4-1-5-19-44)50-38-34-47(35-39-50)70-62-31-17-13-27-54(62)58-41-56-52-25-11-15-29-60(52)68(64(56)43-66(58)70)45-20-6-2-7-21-45/h1-43,72H. The van der Waals surface area contributed by atoms with Crippen molar-refractivity contribution in [1.29, 1.82) is 0 Å². The van der Waals surface area contributed by atoms with Gasteiger partial charge in [0.15, 0.2) is 0 Å². The number of rotatable bonds is 7. The van der Waals surface area contributed by atoms with E-state index in [-0.39, 0.29) is 0 Å². The Morgan fingerprint density at radius 1 is 0.208 bits per heavy atom. The number of thiol groups is 1. The fraction of sp³-hybridized carbons (Fsp3) is 0. The van der Waals surface area contributed by atoms with Gasteiger partial charge in [0, 0.05) is 80.5 Å². The molecular formula is C66H44N4OS. The average molecular weight is 941 g/mol. The minimum absolute atomic E-state index is 0.783. The van der Waals surface area contributed by atoms with Crippen LogP contribution in [0.5, 0.6) is 0 Å². The third-order valence-electron chi connectivity index (χ3n) is 15.0. The van der Waals surface area contributed by atoms with Crippen molar-refractivity contribution in [2.45, 2.75) is 14.7 Å². The van der Waals surface area contributed by atoms with Crippen LogP contribution < -0.4 is 0 Å². The van der Waals surface area contributed by atoms with Crippen LogP contribution in [-0.2, 0) is 9.93 Å². The number of fused-ring (bicyclic) bond motifs is 12. The van der Waals surface area contributed by atoms with Crippen molar-refractivity contribution < 1.29 is 4.21 Å². The predicted molar refractivity (Wildman–Crippen MR) is 301 cm³/mol. The van der Waals surface area contributed by atoms with Crippen LogP contribution in [0.1, 0.15) is 0 Å². The summed E-state index contributed by atoms with van der Waals surface area (Å²) in [6.45, 7) is 0. The molecular weight excluding hydrogens is 897 g/mol. The molecule has 0 aliphatic rings. The largest absolute Gasteiger partial charge is 0.309 e. The van der Waals surface area contributed by atoms with Crippen molar-refractivity contribution in [3.05, 3.63) is 261 Å². The Hall–Kier alpha value is -9.23. The molecule has 0 radical (unpaired) electrons. The van der Waals surface area contributed by atoms with E-state index in [1.807, 2.05) is 30.3 Å². The van der Waals surface area contributed by atoms with Gasteiger partial charge in [0.25, 0.3) is 0 Å². The van der Waals surface area contributed by atoms with Gasteiger partial charge in [0.1, 0.15) is 0 Å². The molecule has 6 heteroatoms. The summed E-state index contributed by atoms with van der Waals surface area (Å²) >= 11 is 0. The molecule has 0 spiro atoms. The molecule has 4 aromatic heterocycles. The fourth-order valence-corrected chi connectivity index (χ4v) is 14.5. The molecule has 5 nitrogen and oxygen atoms in total. The van der Waals surface area contributed by atoms with E-state index in [1.54, 1.807) is 0 Å². The lowest BCUT2D eigenvalue weighted by molar-refractivity contribution is 0.669. The highest BCUT2D eigenvalue weighted by atomic mass is 32.2. The second-order valence-electron chi connectivity index (χ2n) is 18.8. The predicted octanol–water partition coefficient (Wildman–Crippen LogP) is 16.6. The molecule has 0 N–H and O–H groups in total. The molecule has 15 aromatic rings. The minimum Gasteiger partial charge on any atom is -0.309 e. The summed E-state index contributed by atoms with van der Waals surface area (Å²) in [5.41, 5.74) is 13.4. The normalized spacial score (nSPS) is 12.4. The summed E-state index contributed by atoms with van der Waals surface area (Å²) < 4.78 is 25.7. The first-order valence-electron chi connectivity index (χ1n) is 24.5. The highest BCUT2D eigenvalue weighted by Crippen LogP contribution is 2.43. The van der Waals surface area contributed by atoms with Gasteiger partial charge in [-0.2, -0.15) is 0 Å². The van der Waals surface area contributed by atoms with Crippen LogP contribution in [0.2, 0.25) is 0 Å². The van der Waals surface area contributed by atoms with Crippen molar-refractivity contribution in [1.82, 2.24) is 18.3 Å². The zero-order chi connectivity index (χ0) is 47.5. The minimum atomic E-state index is -3.37. The van der Waals surface area contributed by atoms with E-state index in [0.717, 1.165) is 70.5 Å². The molecule has 0 atom stereocenters. The van der Waals surface area contributed by atoms with Gasteiger partial charge in [-0.25, -0.2) is 0 Å². The molecule has 0 aliphatic heterocycles.